The molecule has 2 aromatic carbocycles. The zero-order valence-electron chi connectivity index (χ0n) is 17.3. The van der Waals surface area contributed by atoms with Gasteiger partial charge in [-0.15, -0.1) is 0 Å². The molecule has 0 fully saturated rings. The monoisotopic (exact) mass is 448 g/mol. The number of rotatable bonds is 2. The van der Waals surface area contributed by atoms with E-state index in [1.807, 2.05) is 0 Å². The van der Waals surface area contributed by atoms with Gasteiger partial charge in [-0.2, -0.15) is 0 Å². The molecular weight excluding hydrogens is 424 g/mol. The van der Waals surface area contributed by atoms with Gasteiger partial charge in [0.15, 0.2) is 23.0 Å². The Hall–Kier alpha value is -3.50. The van der Waals surface area contributed by atoms with Crippen LogP contribution in [-0.2, 0) is 9.47 Å². The van der Waals surface area contributed by atoms with Gasteiger partial charge >= 0.3 is 11.9 Å². The van der Waals surface area contributed by atoms with Crippen molar-refractivity contribution in [2.24, 2.45) is 0 Å². The minimum atomic E-state index is -1.07. The Morgan fingerprint density at radius 3 is 1.22 bits per heavy atom. The second kappa shape index (κ2) is 11.8. The van der Waals surface area contributed by atoms with Crippen LogP contribution in [-0.4, -0.2) is 75.0 Å². The molecule has 172 valence electrons. The van der Waals surface area contributed by atoms with Crippen LogP contribution >= 0.6 is 0 Å². The van der Waals surface area contributed by atoms with Crippen LogP contribution in [0.2, 0.25) is 0 Å². The third kappa shape index (κ3) is 6.76. The van der Waals surface area contributed by atoms with Crippen molar-refractivity contribution in [2.75, 3.05) is 52.9 Å². The van der Waals surface area contributed by atoms with Crippen molar-refractivity contribution in [3.8, 4) is 23.0 Å². The molecular formula is C22H24O10. The third-order valence-electron chi connectivity index (χ3n) is 4.32. The number of carboxylic acids is 2. The fraction of sp³-hybridized carbons (Fsp3) is 0.364. The summed E-state index contributed by atoms with van der Waals surface area (Å²) in [6.07, 6.45) is 0. The van der Waals surface area contributed by atoms with Gasteiger partial charge in [0, 0.05) is 0 Å². The summed E-state index contributed by atoms with van der Waals surface area (Å²) in [5.74, 6) is -0.739. The Labute approximate surface area is 184 Å². The van der Waals surface area contributed by atoms with Crippen LogP contribution in [0.25, 0.3) is 0 Å². The smallest absolute Gasteiger partial charge is 0.335 e. The normalized spacial score (nSPS) is 15.8. The molecule has 0 unspecified atom stereocenters. The van der Waals surface area contributed by atoms with Crippen molar-refractivity contribution in [1.82, 2.24) is 0 Å². The minimum absolute atomic E-state index is 0.0802. The molecule has 32 heavy (non-hydrogen) atoms. The van der Waals surface area contributed by atoms with E-state index < -0.39 is 11.9 Å². The van der Waals surface area contributed by atoms with Gasteiger partial charge in [0.05, 0.1) is 37.6 Å². The summed E-state index contributed by atoms with van der Waals surface area (Å²) in [5, 5.41) is 18.4. The molecule has 0 saturated heterocycles. The Balaban J connectivity index is 1.64. The highest BCUT2D eigenvalue weighted by Crippen LogP contribution is 2.29. The van der Waals surface area contributed by atoms with Crippen LogP contribution in [0.3, 0.4) is 0 Å². The lowest BCUT2D eigenvalue weighted by Gasteiger charge is -2.16. The fourth-order valence-electron chi connectivity index (χ4n) is 2.79. The topological polar surface area (TPSA) is 130 Å². The number of carbonyl (C=O) groups is 2. The first kappa shape index (κ1) is 23.2. The highest BCUT2D eigenvalue weighted by Gasteiger charge is 2.13. The van der Waals surface area contributed by atoms with Gasteiger partial charge in [-0.05, 0) is 36.4 Å². The second-order valence-corrected chi connectivity index (χ2v) is 6.55. The van der Waals surface area contributed by atoms with Crippen LogP contribution in [0.15, 0.2) is 36.4 Å². The van der Waals surface area contributed by atoms with Gasteiger partial charge < -0.3 is 38.6 Å². The summed E-state index contributed by atoms with van der Waals surface area (Å²) >= 11 is 0. The van der Waals surface area contributed by atoms with Gasteiger partial charge in [-0.3, -0.25) is 0 Å². The fourth-order valence-corrected chi connectivity index (χ4v) is 2.79. The minimum Gasteiger partial charge on any atom is -0.487 e. The summed E-state index contributed by atoms with van der Waals surface area (Å²) in [6.45, 7) is 1.77. The number of hydrogen-bond acceptors (Lipinski definition) is 8. The highest BCUT2D eigenvalue weighted by molar-refractivity contribution is 5.89. The molecule has 0 aliphatic carbocycles. The standard InChI is InChI=1S/C22H24O10/c23-21(24)15-1-3-17-19(13-15)31-11-7-28-8-12-32-20-14-16(22(25)26)2-4-18(20)30-10-6-27-5-9-29-17/h1-4,13-14H,5-12H2,(H,23,24)(H,25,26). The number of aromatic carboxylic acids is 2. The van der Waals surface area contributed by atoms with Gasteiger partial charge in [0.1, 0.15) is 26.4 Å². The van der Waals surface area contributed by atoms with Crippen molar-refractivity contribution < 1.29 is 48.2 Å². The average Bonchev–Trinajstić information content (AvgIpc) is 2.78. The third-order valence-corrected chi connectivity index (χ3v) is 4.32. The predicted octanol–water partition coefficient (Wildman–Crippen LogP) is 2.35. The predicted molar refractivity (Wildman–Crippen MR) is 110 cm³/mol. The van der Waals surface area contributed by atoms with Crippen molar-refractivity contribution in [1.29, 1.82) is 0 Å². The molecule has 2 aromatic rings. The molecule has 0 saturated carbocycles. The van der Waals surface area contributed by atoms with Crippen molar-refractivity contribution in [3.63, 3.8) is 0 Å². The number of ether oxygens (including phenoxy) is 6. The van der Waals surface area contributed by atoms with Crippen LogP contribution in [0.4, 0.5) is 0 Å². The van der Waals surface area contributed by atoms with Gasteiger partial charge in [0.25, 0.3) is 0 Å². The Morgan fingerprint density at radius 2 is 0.875 bits per heavy atom. The van der Waals surface area contributed by atoms with Gasteiger partial charge in [-0.25, -0.2) is 9.59 Å². The molecule has 1 heterocycles. The molecule has 0 aromatic heterocycles. The largest absolute Gasteiger partial charge is 0.487 e. The Morgan fingerprint density at radius 1 is 0.531 bits per heavy atom. The SMILES string of the molecule is O=C(O)c1ccc2c(c1)OCCOCCOc1cc(C(=O)O)ccc1OCCOCCO2. The van der Waals surface area contributed by atoms with Crippen LogP contribution < -0.4 is 18.9 Å². The lowest BCUT2D eigenvalue weighted by atomic mass is 10.2. The molecule has 2 N–H and O–H groups in total. The van der Waals surface area contributed by atoms with E-state index in [9.17, 15) is 19.8 Å². The van der Waals surface area contributed by atoms with Crippen LogP contribution in [0.5, 0.6) is 23.0 Å². The second-order valence-electron chi connectivity index (χ2n) is 6.55. The first-order valence-corrected chi connectivity index (χ1v) is 9.96. The van der Waals surface area contributed by atoms with E-state index in [1.54, 1.807) is 0 Å². The molecule has 0 atom stereocenters. The molecule has 10 heteroatoms. The summed E-state index contributed by atoms with van der Waals surface area (Å²) in [5.41, 5.74) is 0.160. The highest BCUT2D eigenvalue weighted by atomic mass is 16.6. The maximum Gasteiger partial charge on any atom is 0.335 e. The van der Waals surface area contributed by atoms with Crippen molar-refractivity contribution >= 4 is 11.9 Å². The number of carboxylic acid groups (broad SMARTS) is 2. The van der Waals surface area contributed by atoms with E-state index in [0.717, 1.165) is 0 Å². The molecule has 1 aliphatic heterocycles. The zero-order valence-corrected chi connectivity index (χ0v) is 17.3. The molecule has 0 spiro atoms. The van der Waals surface area contributed by atoms with E-state index in [0.29, 0.717) is 23.0 Å². The van der Waals surface area contributed by atoms with E-state index >= 15 is 0 Å². The van der Waals surface area contributed by atoms with Gasteiger partial charge in [-0.1, -0.05) is 0 Å². The summed E-state index contributed by atoms with van der Waals surface area (Å²) in [4.78, 5) is 22.5. The van der Waals surface area contributed by atoms with Crippen LogP contribution in [0, 0.1) is 0 Å². The maximum atomic E-state index is 11.2. The molecule has 0 radical (unpaired) electrons. The van der Waals surface area contributed by atoms with Gasteiger partial charge in [0.2, 0.25) is 0 Å². The summed E-state index contributed by atoms with van der Waals surface area (Å²) in [7, 11) is 0. The van der Waals surface area contributed by atoms with E-state index in [4.69, 9.17) is 28.4 Å². The van der Waals surface area contributed by atoms with E-state index in [2.05, 4.69) is 0 Å². The maximum absolute atomic E-state index is 11.2. The Bertz CT molecular complexity index is 853. The molecule has 0 amide bonds. The first-order chi connectivity index (χ1) is 15.5. The van der Waals surface area contributed by atoms with E-state index in [-0.39, 0.29) is 64.0 Å². The first-order valence-electron chi connectivity index (χ1n) is 9.96. The molecule has 1 aliphatic rings. The van der Waals surface area contributed by atoms with Crippen LogP contribution in [0.1, 0.15) is 20.7 Å². The molecule has 10 nitrogen and oxygen atoms in total. The zero-order chi connectivity index (χ0) is 22.8. The summed E-state index contributed by atoms with van der Waals surface area (Å²) in [6, 6.07) is 8.74. The van der Waals surface area contributed by atoms with Crippen molar-refractivity contribution in [2.45, 2.75) is 0 Å². The van der Waals surface area contributed by atoms with E-state index in [1.165, 1.54) is 36.4 Å². The summed E-state index contributed by atoms with van der Waals surface area (Å²) < 4.78 is 33.6. The number of fused-ring (bicyclic) bond motifs is 2. The lowest BCUT2D eigenvalue weighted by molar-refractivity contribution is 0.0634. The molecule has 0 bridgehead atoms. The molecule has 3 rings (SSSR count). The number of hydrogen-bond donors (Lipinski definition) is 2. The number of benzene rings is 2. The average molecular weight is 448 g/mol. The lowest BCUT2D eigenvalue weighted by Crippen LogP contribution is -2.15. The van der Waals surface area contributed by atoms with Crippen molar-refractivity contribution in [3.05, 3.63) is 47.5 Å². The quantitative estimate of drug-likeness (QED) is 0.706. The Kier molecular flexibility index (Phi) is 8.52.